The van der Waals surface area contributed by atoms with Crippen LogP contribution in [-0.2, 0) is 13.1 Å². The van der Waals surface area contributed by atoms with E-state index in [0.29, 0.717) is 12.5 Å². The largest absolute Gasteiger partial charge is 0.396 e. The van der Waals surface area contributed by atoms with E-state index >= 15 is 0 Å². The van der Waals surface area contributed by atoms with Crippen molar-refractivity contribution < 1.29 is 9.50 Å². The zero-order valence-corrected chi connectivity index (χ0v) is 16.9. The van der Waals surface area contributed by atoms with Crippen LogP contribution in [0.3, 0.4) is 0 Å². The highest BCUT2D eigenvalue weighted by Crippen LogP contribution is 2.43. The number of rotatable bonds is 6. The molecule has 0 aliphatic carbocycles. The van der Waals surface area contributed by atoms with Crippen molar-refractivity contribution >= 4 is 11.5 Å². The molecule has 0 radical (unpaired) electrons. The summed E-state index contributed by atoms with van der Waals surface area (Å²) >= 11 is 1.54. The molecule has 0 bridgehead atoms. The van der Waals surface area contributed by atoms with Gasteiger partial charge in [0.1, 0.15) is 5.82 Å². The van der Waals surface area contributed by atoms with Crippen molar-refractivity contribution in [2.75, 3.05) is 32.8 Å². The molecule has 2 unspecified atom stereocenters. The first kappa shape index (κ1) is 18.9. The summed E-state index contributed by atoms with van der Waals surface area (Å²) in [5.41, 5.74) is 1.71. The van der Waals surface area contributed by atoms with Crippen LogP contribution < -0.4 is 0 Å². The Morgan fingerprint density at radius 1 is 1.14 bits per heavy atom. The molecular weight excluding hydrogens is 389 g/mol. The monoisotopic (exact) mass is 413 g/mol. The van der Waals surface area contributed by atoms with Gasteiger partial charge in [-0.15, -0.1) is 0 Å². The molecule has 0 saturated carbocycles. The standard InChI is InChI=1S/C21H24FN5OS/c22-18-2-3-20(27-7-1-5-23-27)16(8-18)9-25-10-17-11-26(12-19-4-6-24-29-19)14-21(17,13-25)15-28/h1-8,17,28H,9-15H2. The Bertz CT molecular complexity index is 964. The molecule has 2 fully saturated rings. The normalized spacial score (nSPS) is 25.0. The zero-order valence-electron chi connectivity index (χ0n) is 16.1. The lowest BCUT2D eigenvalue weighted by atomic mass is 9.82. The second kappa shape index (κ2) is 7.60. The molecule has 1 aromatic carbocycles. The van der Waals surface area contributed by atoms with Gasteiger partial charge < -0.3 is 5.11 Å². The van der Waals surface area contributed by atoms with E-state index in [1.54, 1.807) is 23.0 Å². The lowest BCUT2D eigenvalue weighted by Gasteiger charge is -2.27. The molecule has 5 rings (SSSR count). The van der Waals surface area contributed by atoms with E-state index in [4.69, 9.17) is 0 Å². The first-order chi connectivity index (χ1) is 14.1. The van der Waals surface area contributed by atoms with Gasteiger partial charge >= 0.3 is 0 Å². The summed E-state index contributed by atoms with van der Waals surface area (Å²) in [6, 6.07) is 8.80. The highest BCUT2D eigenvalue weighted by atomic mass is 32.1. The van der Waals surface area contributed by atoms with Gasteiger partial charge in [0.2, 0.25) is 0 Å². The number of halogens is 1. The number of aromatic nitrogens is 3. The molecule has 0 amide bonds. The molecule has 152 valence electrons. The smallest absolute Gasteiger partial charge is 0.123 e. The summed E-state index contributed by atoms with van der Waals surface area (Å²) in [5, 5.41) is 14.6. The van der Waals surface area contributed by atoms with Crippen LogP contribution in [0.2, 0.25) is 0 Å². The number of hydrogen-bond donors (Lipinski definition) is 1. The molecule has 2 atom stereocenters. The second-order valence-corrected chi connectivity index (χ2v) is 9.18. The van der Waals surface area contributed by atoms with Crippen LogP contribution in [0.5, 0.6) is 0 Å². The van der Waals surface area contributed by atoms with Gasteiger partial charge in [-0.25, -0.2) is 13.4 Å². The maximum atomic E-state index is 14.0. The Morgan fingerprint density at radius 2 is 1.97 bits per heavy atom. The van der Waals surface area contributed by atoms with E-state index in [-0.39, 0.29) is 17.8 Å². The molecule has 29 heavy (non-hydrogen) atoms. The Hall–Kier alpha value is -2.13. The predicted octanol–water partition coefficient (Wildman–Crippen LogP) is 2.39. The average Bonchev–Trinajstić information content (AvgIpc) is 3.46. The van der Waals surface area contributed by atoms with Crippen molar-refractivity contribution in [3.8, 4) is 5.69 Å². The summed E-state index contributed by atoms with van der Waals surface area (Å²) in [6.45, 7) is 5.33. The summed E-state index contributed by atoms with van der Waals surface area (Å²) in [5.74, 6) is 0.185. The van der Waals surface area contributed by atoms with Gasteiger partial charge in [0.15, 0.2) is 0 Å². The molecule has 6 nitrogen and oxygen atoms in total. The number of nitrogens with zero attached hydrogens (tertiary/aromatic N) is 5. The molecule has 4 heterocycles. The fraction of sp³-hybridized carbons (Fsp3) is 0.429. The number of fused-ring (bicyclic) bond motifs is 1. The van der Waals surface area contributed by atoms with E-state index in [9.17, 15) is 9.50 Å². The van der Waals surface area contributed by atoms with E-state index in [0.717, 1.165) is 44.0 Å². The molecule has 2 aliphatic rings. The SMILES string of the molecule is OCC12CN(Cc3ccns3)CC1CN(Cc1cc(F)ccc1-n1cccn1)C2. The number of likely N-dealkylation sites (tertiary alicyclic amines) is 2. The Balaban J connectivity index is 1.31. The van der Waals surface area contributed by atoms with Crippen molar-refractivity contribution in [2.24, 2.45) is 11.3 Å². The third-order valence-corrected chi connectivity index (χ3v) is 7.00. The number of aliphatic hydroxyl groups excluding tert-OH is 1. The van der Waals surface area contributed by atoms with Crippen molar-refractivity contribution in [2.45, 2.75) is 13.1 Å². The van der Waals surface area contributed by atoms with Gasteiger partial charge in [-0.3, -0.25) is 9.80 Å². The van der Waals surface area contributed by atoms with Crippen LogP contribution in [0.15, 0.2) is 48.9 Å². The minimum Gasteiger partial charge on any atom is -0.396 e. The van der Waals surface area contributed by atoms with Gasteiger partial charge in [0.25, 0.3) is 0 Å². The Kier molecular flexibility index (Phi) is 4.95. The van der Waals surface area contributed by atoms with Gasteiger partial charge in [0, 0.05) is 68.2 Å². The Morgan fingerprint density at radius 3 is 2.62 bits per heavy atom. The minimum absolute atomic E-state index is 0.107. The third-order valence-electron chi connectivity index (χ3n) is 6.27. The maximum Gasteiger partial charge on any atom is 0.123 e. The molecule has 1 N–H and O–H groups in total. The molecule has 8 heteroatoms. The zero-order chi connectivity index (χ0) is 19.8. The van der Waals surface area contributed by atoms with Crippen LogP contribution in [0.4, 0.5) is 4.39 Å². The minimum atomic E-state index is -0.233. The fourth-order valence-electron chi connectivity index (χ4n) is 4.97. The van der Waals surface area contributed by atoms with Crippen molar-refractivity contribution in [1.29, 1.82) is 0 Å². The molecule has 2 aromatic heterocycles. The average molecular weight is 414 g/mol. The molecule has 2 aliphatic heterocycles. The number of hydrogen-bond acceptors (Lipinski definition) is 6. The molecular formula is C21H24FN5OS. The van der Waals surface area contributed by atoms with Gasteiger partial charge in [-0.2, -0.15) is 5.10 Å². The second-order valence-electron chi connectivity index (χ2n) is 8.26. The highest BCUT2D eigenvalue weighted by molar-refractivity contribution is 7.05. The molecule has 3 aromatic rings. The van der Waals surface area contributed by atoms with Crippen LogP contribution in [0, 0.1) is 17.2 Å². The topological polar surface area (TPSA) is 57.4 Å². The quantitative estimate of drug-likeness (QED) is 0.673. The maximum absolute atomic E-state index is 14.0. The van der Waals surface area contributed by atoms with Crippen molar-refractivity contribution in [3.63, 3.8) is 0 Å². The summed E-state index contributed by atoms with van der Waals surface area (Å²) in [6.07, 6.45) is 5.45. The van der Waals surface area contributed by atoms with Gasteiger partial charge in [0.05, 0.1) is 12.3 Å². The van der Waals surface area contributed by atoms with Crippen LogP contribution >= 0.6 is 11.5 Å². The van der Waals surface area contributed by atoms with E-state index in [1.807, 2.05) is 18.5 Å². The predicted molar refractivity (Wildman–Crippen MR) is 109 cm³/mol. The third kappa shape index (κ3) is 3.61. The fourth-order valence-corrected chi connectivity index (χ4v) is 5.59. The van der Waals surface area contributed by atoms with Crippen LogP contribution in [0.1, 0.15) is 10.4 Å². The lowest BCUT2D eigenvalue weighted by molar-refractivity contribution is 0.110. The Labute approximate surface area is 173 Å². The highest BCUT2D eigenvalue weighted by Gasteiger charge is 2.51. The molecule has 0 spiro atoms. The van der Waals surface area contributed by atoms with Gasteiger partial charge in [-0.05, 0) is 53.3 Å². The number of benzene rings is 1. The van der Waals surface area contributed by atoms with E-state index < -0.39 is 0 Å². The number of aliphatic hydroxyl groups is 1. The molecule has 2 saturated heterocycles. The van der Waals surface area contributed by atoms with Gasteiger partial charge in [-0.1, -0.05) is 0 Å². The lowest BCUT2D eigenvalue weighted by Crippen LogP contribution is -2.36. The summed E-state index contributed by atoms with van der Waals surface area (Å²) in [7, 11) is 0. The van der Waals surface area contributed by atoms with Crippen LogP contribution in [0.25, 0.3) is 5.69 Å². The summed E-state index contributed by atoms with van der Waals surface area (Å²) < 4.78 is 19.9. The van der Waals surface area contributed by atoms with Crippen molar-refractivity contribution in [3.05, 3.63) is 65.2 Å². The first-order valence-corrected chi connectivity index (χ1v) is 10.7. The van der Waals surface area contributed by atoms with Crippen LogP contribution in [-0.4, -0.2) is 61.8 Å². The van der Waals surface area contributed by atoms with Crippen molar-refractivity contribution in [1.82, 2.24) is 24.0 Å². The van der Waals surface area contributed by atoms with E-state index in [1.165, 1.54) is 22.5 Å². The summed E-state index contributed by atoms with van der Waals surface area (Å²) in [4.78, 5) is 6.05. The van der Waals surface area contributed by atoms with E-state index in [2.05, 4.69) is 25.3 Å². The first-order valence-electron chi connectivity index (χ1n) is 9.89.